The van der Waals surface area contributed by atoms with Gasteiger partial charge in [-0.2, -0.15) is 0 Å². The maximum atomic E-state index is 12.5. The van der Waals surface area contributed by atoms with Crippen LogP contribution in [0.5, 0.6) is 5.75 Å². The predicted molar refractivity (Wildman–Crippen MR) is 94.5 cm³/mol. The molecule has 3 heterocycles. The standard InChI is InChI=1S/C18H21N5O2/c1-25-15-2-3-16-13(10-15)4-7-23(16)18-20-11-14(12-21-18)17(24)22-8-5-19-6-9-22/h2-3,10-12,19H,4-9H2,1H3. The molecule has 130 valence electrons. The van der Waals surface area contributed by atoms with Crippen molar-refractivity contribution in [1.82, 2.24) is 20.2 Å². The smallest absolute Gasteiger partial charge is 0.257 e. The SMILES string of the molecule is COc1ccc2c(c1)CCN2c1ncc(C(=O)N2CCNCC2)cn1. The molecule has 0 saturated carbocycles. The number of amides is 1. The first-order valence-corrected chi connectivity index (χ1v) is 8.53. The highest BCUT2D eigenvalue weighted by Crippen LogP contribution is 2.34. The number of hydrogen-bond donors (Lipinski definition) is 1. The van der Waals surface area contributed by atoms with Gasteiger partial charge in [-0.15, -0.1) is 0 Å². The van der Waals surface area contributed by atoms with Gasteiger partial charge in [-0.05, 0) is 30.2 Å². The van der Waals surface area contributed by atoms with Crippen molar-refractivity contribution in [3.05, 3.63) is 41.7 Å². The lowest BCUT2D eigenvalue weighted by Crippen LogP contribution is -2.46. The van der Waals surface area contributed by atoms with Gasteiger partial charge in [-0.25, -0.2) is 9.97 Å². The molecule has 1 fully saturated rings. The third-order valence-electron chi connectivity index (χ3n) is 4.71. The van der Waals surface area contributed by atoms with Crippen molar-refractivity contribution in [3.8, 4) is 5.75 Å². The first-order valence-electron chi connectivity index (χ1n) is 8.53. The van der Waals surface area contributed by atoms with Crippen molar-refractivity contribution in [2.75, 3.05) is 44.7 Å². The average Bonchev–Trinajstić information content (AvgIpc) is 3.11. The van der Waals surface area contributed by atoms with E-state index in [1.54, 1.807) is 19.5 Å². The molecule has 2 aliphatic heterocycles. The number of methoxy groups -OCH3 is 1. The zero-order valence-electron chi connectivity index (χ0n) is 14.2. The monoisotopic (exact) mass is 339 g/mol. The molecule has 0 atom stereocenters. The molecule has 0 radical (unpaired) electrons. The van der Waals surface area contributed by atoms with E-state index < -0.39 is 0 Å². The molecule has 0 unspecified atom stereocenters. The van der Waals surface area contributed by atoms with Crippen LogP contribution in [0.25, 0.3) is 0 Å². The molecule has 1 N–H and O–H groups in total. The number of rotatable bonds is 3. The summed E-state index contributed by atoms with van der Waals surface area (Å²) in [5, 5.41) is 3.24. The summed E-state index contributed by atoms with van der Waals surface area (Å²) in [4.78, 5) is 25.3. The number of aromatic nitrogens is 2. The van der Waals surface area contributed by atoms with Crippen LogP contribution in [-0.2, 0) is 6.42 Å². The van der Waals surface area contributed by atoms with Crippen LogP contribution < -0.4 is 15.0 Å². The summed E-state index contributed by atoms with van der Waals surface area (Å²) in [6, 6.07) is 6.03. The van der Waals surface area contributed by atoms with Crippen molar-refractivity contribution in [2.45, 2.75) is 6.42 Å². The maximum Gasteiger partial charge on any atom is 0.257 e. The largest absolute Gasteiger partial charge is 0.497 e. The zero-order chi connectivity index (χ0) is 17.2. The summed E-state index contributed by atoms with van der Waals surface area (Å²) >= 11 is 0. The Morgan fingerprint density at radius 3 is 2.64 bits per heavy atom. The van der Waals surface area contributed by atoms with Crippen molar-refractivity contribution in [3.63, 3.8) is 0 Å². The Morgan fingerprint density at radius 1 is 1.16 bits per heavy atom. The molecule has 1 aromatic heterocycles. The molecule has 7 heteroatoms. The average molecular weight is 339 g/mol. The first-order chi connectivity index (χ1) is 12.3. The number of hydrogen-bond acceptors (Lipinski definition) is 6. The summed E-state index contributed by atoms with van der Waals surface area (Å²) in [5.41, 5.74) is 2.87. The molecule has 1 aromatic carbocycles. The molecule has 0 bridgehead atoms. The Hall–Kier alpha value is -2.67. The first kappa shape index (κ1) is 15.8. The van der Waals surface area contributed by atoms with Crippen molar-refractivity contribution in [2.24, 2.45) is 0 Å². The fraction of sp³-hybridized carbons (Fsp3) is 0.389. The van der Waals surface area contributed by atoms with Crippen LogP contribution in [0.3, 0.4) is 0 Å². The van der Waals surface area contributed by atoms with Gasteiger partial charge < -0.3 is 19.9 Å². The van der Waals surface area contributed by atoms with Gasteiger partial charge in [0.05, 0.1) is 12.7 Å². The Labute approximate surface area is 146 Å². The molecule has 2 aromatic rings. The van der Waals surface area contributed by atoms with Gasteiger partial charge in [0.1, 0.15) is 5.75 Å². The number of benzene rings is 1. The molecule has 4 rings (SSSR count). The van der Waals surface area contributed by atoms with E-state index in [2.05, 4.69) is 26.3 Å². The third-order valence-corrected chi connectivity index (χ3v) is 4.71. The molecule has 1 saturated heterocycles. The number of piperazine rings is 1. The van der Waals surface area contributed by atoms with Crippen LogP contribution in [-0.4, -0.2) is 60.6 Å². The van der Waals surface area contributed by atoms with Gasteiger partial charge in [0.15, 0.2) is 0 Å². The van der Waals surface area contributed by atoms with E-state index in [0.717, 1.165) is 50.6 Å². The molecule has 0 aliphatic carbocycles. The maximum absolute atomic E-state index is 12.5. The van der Waals surface area contributed by atoms with Crippen molar-refractivity contribution >= 4 is 17.5 Å². The number of nitrogens with one attached hydrogen (secondary N) is 1. The summed E-state index contributed by atoms with van der Waals surface area (Å²) in [6.07, 6.45) is 4.19. The normalized spacial score (nSPS) is 16.7. The minimum atomic E-state index is -0.000363. The lowest BCUT2D eigenvalue weighted by Gasteiger charge is -2.27. The fourth-order valence-corrected chi connectivity index (χ4v) is 3.33. The highest BCUT2D eigenvalue weighted by atomic mass is 16.5. The van der Waals surface area contributed by atoms with Crippen LogP contribution in [0, 0.1) is 0 Å². The zero-order valence-corrected chi connectivity index (χ0v) is 14.2. The highest BCUT2D eigenvalue weighted by molar-refractivity contribution is 5.93. The Kier molecular flexibility index (Phi) is 4.23. The minimum absolute atomic E-state index is 0.000363. The molecule has 1 amide bonds. The van der Waals surface area contributed by atoms with E-state index in [-0.39, 0.29) is 5.91 Å². The van der Waals surface area contributed by atoms with E-state index in [1.807, 2.05) is 17.0 Å². The van der Waals surface area contributed by atoms with Gasteiger partial charge in [0, 0.05) is 50.8 Å². The molecule has 0 spiro atoms. The lowest BCUT2D eigenvalue weighted by molar-refractivity contribution is 0.0735. The Bertz CT molecular complexity index is 772. The van der Waals surface area contributed by atoms with Crippen LogP contribution in [0.4, 0.5) is 11.6 Å². The predicted octanol–water partition coefficient (Wildman–Crippen LogP) is 1.22. The van der Waals surface area contributed by atoms with Crippen molar-refractivity contribution in [1.29, 1.82) is 0 Å². The molecular formula is C18H21N5O2. The number of ether oxygens (including phenoxy) is 1. The second kappa shape index (κ2) is 6.68. The molecular weight excluding hydrogens is 318 g/mol. The van der Waals surface area contributed by atoms with Gasteiger partial charge >= 0.3 is 0 Å². The van der Waals surface area contributed by atoms with Gasteiger partial charge in [-0.3, -0.25) is 4.79 Å². The lowest BCUT2D eigenvalue weighted by atomic mass is 10.1. The fourth-order valence-electron chi connectivity index (χ4n) is 3.33. The minimum Gasteiger partial charge on any atom is -0.497 e. The third kappa shape index (κ3) is 3.02. The number of anilines is 2. The second-order valence-electron chi connectivity index (χ2n) is 6.21. The van der Waals surface area contributed by atoms with Crippen LogP contribution in [0.1, 0.15) is 15.9 Å². The van der Waals surface area contributed by atoms with Crippen LogP contribution in [0.2, 0.25) is 0 Å². The van der Waals surface area contributed by atoms with Crippen molar-refractivity contribution < 1.29 is 9.53 Å². The van der Waals surface area contributed by atoms with E-state index in [9.17, 15) is 4.79 Å². The molecule has 2 aliphatic rings. The summed E-state index contributed by atoms with van der Waals surface area (Å²) in [6.45, 7) is 3.94. The van der Waals surface area contributed by atoms with E-state index in [1.165, 1.54) is 5.56 Å². The Balaban J connectivity index is 1.53. The van der Waals surface area contributed by atoms with Crippen LogP contribution in [0.15, 0.2) is 30.6 Å². The highest BCUT2D eigenvalue weighted by Gasteiger charge is 2.24. The van der Waals surface area contributed by atoms with Gasteiger partial charge in [-0.1, -0.05) is 0 Å². The van der Waals surface area contributed by atoms with Crippen LogP contribution >= 0.6 is 0 Å². The van der Waals surface area contributed by atoms with E-state index in [0.29, 0.717) is 11.5 Å². The molecule has 7 nitrogen and oxygen atoms in total. The number of carbonyl (C=O) groups excluding carboxylic acids is 1. The summed E-state index contributed by atoms with van der Waals surface area (Å²) < 4.78 is 5.28. The second-order valence-corrected chi connectivity index (χ2v) is 6.21. The quantitative estimate of drug-likeness (QED) is 0.907. The number of carbonyl (C=O) groups is 1. The van der Waals surface area contributed by atoms with Gasteiger partial charge in [0.2, 0.25) is 5.95 Å². The number of fused-ring (bicyclic) bond motifs is 1. The summed E-state index contributed by atoms with van der Waals surface area (Å²) in [7, 11) is 1.67. The van der Waals surface area contributed by atoms with E-state index in [4.69, 9.17) is 4.74 Å². The molecule has 25 heavy (non-hydrogen) atoms. The number of nitrogens with zero attached hydrogens (tertiary/aromatic N) is 4. The Morgan fingerprint density at radius 2 is 1.92 bits per heavy atom. The van der Waals surface area contributed by atoms with E-state index >= 15 is 0 Å². The topological polar surface area (TPSA) is 70.6 Å². The van der Waals surface area contributed by atoms with Gasteiger partial charge in [0.25, 0.3) is 5.91 Å². The summed E-state index contributed by atoms with van der Waals surface area (Å²) in [5.74, 6) is 1.49.